The van der Waals surface area contributed by atoms with Crippen molar-refractivity contribution in [1.82, 2.24) is 24.5 Å². The number of anilines is 3. The van der Waals surface area contributed by atoms with Crippen molar-refractivity contribution < 1.29 is 9.13 Å². The molecule has 0 saturated carbocycles. The lowest BCUT2D eigenvalue weighted by atomic mass is 10.2. The van der Waals surface area contributed by atoms with Crippen LogP contribution in [0, 0.1) is 12.7 Å². The number of aromatic nitrogens is 5. The number of halogens is 1. The summed E-state index contributed by atoms with van der Waals surface area (Å²) in [5.41, 5.74) is 4.50. The average molecular weight is 474 g/mol. The van der Waals surface area contributed by atoms with Crippen LogP contribution in [-0.4, -0.2) is 50.8 Å². The standard InChI is InChI=1S/C24H24FN9O/c1-17-15-34(16-28-17)21-4-2-3-18(11-21)30-20-6-5-19(26-12-20)13-29-32-24-27-14-22(25)23(31-24)33-7-9-35-10-8-33/h2-6,11-12,14-16,30H,7-10,13H2,1H3. The summed E-state index contributed by atoms with van der Waals surface area (Å²) in [4.78, 5) is 18.7. The van der Waals surface area contributed by atoms with Crippen molar-refractivity contribution in [2.45, 2.75) is 13.5 Å². The lowest BCUT2D eigenvalue weighted by Gasteiger charge is -2.27. The largest absolute Gasteiger partial charge is 0.378 e. The Balaban J connectivity index is 1.20. The van der Waals surface area contributed by atoms with Crippen molar-refractivity contribution in [3.63, 3.8) is 0 Å². The highest BCUT2D eigenvalue weighted by molar-refractivity contribution is 5.61. The Morgan fingerprint density at radius 3 is 2.71 bits per heavy atom. The van der Waals surface area contributed by atoms with Crippen LogP contribution in [0.3, 0.4) is 0 Å². The number of rotatable bonds is 7. The molecule has 5 rings (SSSR count). The highest BCUT2D eigenvalue weighted by Crippen LogP contribution is 2.21. The first kappa shape index (κ1) is 22.5. The minimum Gasteiger partial charge on any atom is -0.378 e. The van der Waals surface area contributed by atoms with Gasteiger partial charge in [0.1, 0.15) is 6.54 Å². The quantitative estimate of drug-likeness (QED) is 0.397. The third kappa shape index (κ3) is 5.64. The van der Waals surface area contributed by atoms with Crippen LogP contribution < -0.4 is 10.2 Å². The van der Waals surface area contributed by atoms with E-state index in [0.717, 1.165) is 34.6 Å². The van der Waals surface area contributed by atoms with E-state index in [4.69, 9.17) is 4.74 Å². The van der Waals surface area contributed by atoms with Crippen LogP contribution >= 0.6 is 0 Å². The second-order valence-corrected chi connectivity index (χ2v) is 7.98. The predicted octanol–water partition coefficient (Wildman–Crippen LogP) is 4.37. The van der Waals surface area contributed by atoms with Gasteiger partial charge in [-0.15, -0.1) is 5.11 Å². The first-order chi connectivity index (χ1) is 17.1. The van der Waals surface area contributed by atoms with Crippen LogP contribution in [0.15, 0.2) is 71.5 Å². The number of hydrogen-bond acceptors (Lipinski definition) is 9. The van der Waals surface area contributed by atoms with Gasteiger partial charge in [-0.05, 0) is 37.3 Å². The highest BCUT2D eigenvalue weighted by atomic mass is 19.1. The number of hydrogen-bond donors (Lipinski definition) is 1. The SMILES string of the molecule is Cc1cn(-c2cccc(Nc3ccc(CN=Nc4ncc(F)c(N5CCOCC5)n4)nc3)c2)cn1. The van der Waals surface area contributed by atoms with E-state index >= 15 is 0 Å². The van der Waals surface area contributed by atoms with Gasteiger partial charge in [0.2, 0.25) is 0 Å². The van der Waals surface area contributed by atoms with Gasteiger partial charge < -0.3 is 19.5 Å². The normalized spacial score (nSPS) is 13.9. The molecule has 0 radical (unpaired) electrons. The van der Waals surface area contributed by atoms with E-state index < -0.39 is 5.82 Å². The molecule has 1 N–H and O–H groups in total. The summed E-state index contributed by atoms with van der Waals surface area (Å²) in [6.45, 7) is 4.42. The molecule has 4 heterocycles. The minimum atomic E-state index is -0.485. The van der Waals surface area contributed by atoms with Gasteiger partial charge in [0.05, 0.1) is 49.0 Å². The van der Waals surface area contributed by atoms with E-state index in [1.165, 1.54) is 0 Å². The van der Waals surface area contributed by atoms with Gasteiger partial charge in [0.15, 0.2) is 11.6 Å². The number of nitrogens with one attached hydrogen (secondary N) is 1. The summed E-state index contributed by atoms with van der Waals surface area (Å²) in [5.74, 6) is -0.154. The first-order valence-electron chi connectivity index (χ1n) is 11.2. The zero-order valence-corrected chi connectivity index (χ0v) is 19.2. The van der Waals surface area contributed by atoms with Gasteiger partial charge in [-0.3, -0.25) is 4.98 Å². The number of pyridine rings is 1. The Labute approximate surface area is 201 Å². The Kier molecular flexibility index (Phi) is 6.66. The van der Waals surface area contributed by atoms with Crippen LogP contribution in [-0.2, 0) is 11.3 Å². The molecule has 1 aliphatic rings. The van der Waals surface area contributed by atoms with Gasteiger partial charge in [-0.1, -0.05) is 6.07 Å². The molecule has 11 heteroatoms. The molecule has 3 aromatic heterocycles. The first-order valence-corrected chi connectivity index (χ1v) is 11.2. The summed E-state index contributed by atoms with van der Waals surface area (Å²) in [6.07, 6.45) is 6.63. The van der Waals surface area contributed by atoms with Crippen molar-refractivity contribution in [2.24, 2.45) is 10.2 Å². The third-order valence-corrected chi connectivity index (χ3v) is 5.39. The van der Waals surface area contributed by atoms with Crippen LogP contribution in [0.25, 0.3) is 5.69 Å². The van der Waals surface area contributed by atoms with E-state index in [2.05, 4.69) is 35.5 Å². The molecule has 1 saturated heterocycles. The van der Waals surface area contributed by atoms with Crippen molar-refractivity contribution in [3.8, 4) is 5.69 Å². The summed E-state index contributed by atoms with van der Waals surface area (Å²) in [7, 11) is 0. The molecule has 0 aliphatic carbocycles. The zero-order chi connectivity index (χ0) is 24.0. The van der Waals surface area contributed by atoms with E-state index in [1.54, 1.807) is 12.5 Å². The Morgan fingerprint density at radius 1 is 1.06 bits per heavy atom. The van der Waals surface area contributed by atoms with E-state index in [0.29, 0.717) is 26.3 Å². The van der Waals surface area contributed by atoms with Gasteiger partial charge >= 0.3 is 0 Å². The van der Waals surface area contributed by atoms with Gasteiger partial charge in [-0.25, -0.2) is 14.4 Å². The van der Waals surface area contributed by atoms with Crippen molar-refractivity contribution >= 4 is 23.1 Å². The minimum absolute atomic E-state index is 0.110. The van der Waals surface area contributed by atoms with Crippen LogP contribution in [0.5, 0.6) is 0 Å². The summed E-state index contributed by atoms with van der Waals surface area (Å²) in [5, 5.41) is 11.5. The molecule has 1 fully saturated rings. The number of imidazole rings is 1. The third-order valence-electron chi connectivity index (χ3n) is 5.39. The second-order valence-electron chi connectivity index (χ2n) is 7.98. The van der Waals surface area contributed by atoms with Crippen LogP contribution in [0.1, 0.15) is 11.4 Å². The Hall–Kier alpha value is -4.25. The van der Waals surface area contributed by atoms with Crippen molar-refractivity contribution in [3.05, 3.63) is 78.5 Å². The predicted molar refractivity (Wildman–Crippen MR) is 129 cm³/mol. The number of azo groups is 1. The molecule has 0 atom stereocenters. The lowest BCUT2D eigenvalue weighted by Crippen LogP contribution is -2.37. The second kappa shape index (κ2) is 10.3. The van der Waals surface area contributed by atoms with E-state index in [-0.39, 0.29) is 18.3 Å². The fourth-order valence-corrected chi connectivity index (χ4v) is 3.63. The molecule has 0 spiro atoms. The number of nitrogens with zero attached hydrogens (tertiary/aromatic N) is 8. The maximum atomic E-state index is 14.1. The number of ether oxygens (including phenoxy) is 1. The van der Waals surface area contributed by atoms with Gasteiger partial charge in [0, 0.05) is 30.7 Å². The summed E-state index contributed by atoms with van der Waals surface area (Å²) >= 11 is 0. The van der Waals surface area contributed by atoms with Crippen LogP contribution in [0.2, 0.25) is 0 Å². The van der Waals surface area contributed by atoms with Crippen LogP contribution in [0.4, 0.5) is 27.5 Å². The zero-order valence-electron chi connectivity index (χ0n) is 19.2. The van der Waals surface area contributed by atoms with Gasteiger partial charge in [-0.2, -0.15) is 10.1 Å². The number of aryl methyl sites for hydroxylation is 1. The highest BCUT2D eigenvalue weighted by Gasteiger charge is 2.17. The molecule has 35 heavy (non-hydrogen) atoms. The Morgan fingerprint density at radius 2 is 1.94 bits per heavy atom. The smallest absolute Gasteiger partial charge is 0.270 e. The molecule has 4 aromatic rings. The number of morpholine rings is 1. The molecule has 1 aliphatic heterocycles. The topological polar surface area (TPSA) is 106 Å². The molecule has 0 bridgehead atoms. The molecule has 10 nitrogen and oxygen atoms in total. The van der Waals surface area contributed by atoms with Gasteiger partial charge in [0.25, 0.3) is 5.95 Å². The summed E-state index contributed by atoms with van der Waals surface area (Å²) in [6, 6.07) is 11.8. The fourth-order valence-electron chi connectivity index (χ4n) is 3.63. The maximum absolute atomic E-state index is 14.1. The van der Waals surface area contributed by atoms with Crippen molar-refractivity contribution in [2.75, 3.05) is 36.5 Å². The monoisotopic (exact) mass is 473 g/mol. The molecule has 0 amide bonds. The lowest BCUT2D eigenvalue weighted by molar-refractivity contribution is 0.122. The Bertz CT molecular complexity index is 1320. The maximum Gasteiger partial charge on any atom is 0.270 e. The molecule has 1 aromatic carbocycles. The molecular weight excluding hydrogens is 449 g/mol. The molecular formula is C24H24FN9O. The molecule has 178 valence electrons. The fraction of sp³-hybridized carbons (Fsp3) is 0.250. The summed E-state index contributed by atoms with van der Waals surface area (Å²) < 4.78 is 21.4. The average Bonchev–Trinajstić information content (AvgIpc) is 3.33. The number of benzene rings is 1. The van der Waals surface area contributed by atoms with E-state index in [1.807, 2.05) is 59.0 Å². The molecule has 0 unspecified atom stereocenters. The van der Waals surface area contributed by atoms with Crippen molar-refractivity contribution in [1.29, 1.82) is 0 Å². The van der Waals surface area contributed by atoms with E-state index in [9.17, 15) is 4.39 Å².